The molecule has 0 radical (unpaired) electrons. The number of ether oxygens (including phenoxy) is 1. The summed E-state index contributed by atoms with van der Waals surface area (Å²) in [6.07, 6.45) is -3.13. The molecule has 11 nitrogen and oxygen atoms in total. The van der Waals surface area contributed by atoms with Crippen molar-refractivity contribution in [3.8, 4) is 0 Å². The van der Waals surface area contributed by atoms with Crippen LogP contribution in [0.5, 0.6) is 0 Å². The number of anilines is 1. The normalized spacial score (nSPS) is 23.7. The molecule has 0 amide bonds. The molecule has 12 heteroatoms. The fraction of sp³-hybridized carbons (Fsp3) is 0.333. The highest BCUT2D eigenvalue weighted by molar-refractivity contribution is 6.28. The van der Waals surface area contributed by atoms with Crippen LogP contribution in [0.15, 0.2) is 30.6 Å². The zero-order valence-corrected chi connectivity index (χ0v) is 16.1. The number of fused-ring (bicyclic) bond motifs is 1. The number of hydrogen-bond donors (Lipinski definition) is 5. The summed E-state index contributed by atoms with van der Waals surface area (Å²) in [7, 11) is 0. The number of hydrogen-bond acceptors (Lipinski definition) is 9. The Morgan fingerprint density at radius 2 is 1.93 bits per heavy atom. The van der Waals surface area contributed by atoms with Crippen LogP contribution in [-0.2, 0) is 11.3 Å². The number of aromatic carboxylic acids is 1. The van der Waals surface area contributed by atoms with Crippen LogP contribution in [0, 0.1) is 0 Å². The fourth-order valence-electron chi connectivity index (χ4n) is 3.26. The van der Waals surface area contributed by atoms with Crippen LogP contribution < -0.4 is 5.32 Å². The summed E-state index contributed by atoms with van der Waals surface area (Å²) in [5.74, 6) is -0.674. The van der Waals surface area contributed by atoms with Crippen molar-refractivity contribution >= 4 is 34.6 Å². The van der Waals surface area contributed by atoms with Gasteiger partial charge in [0.05, 0.1) is 18.5 Å². The number of halogens is 1. The predicted molar refractivity (Wildman–Crippen MR) is 104 cm³/mol. The maximum absolute atomic E-state index is 11.0. The van der Waals surface area contributed by atoms with Crippen molar-refractivity contribution in [2.24, 2.45) is 0 Å². The Kier molecular flexibility index (Phi) is 5.54. The van der Waals surface area contributed by atoms with E-state index in [9.17, 15) is 20.1 Å². The summed E-state index contributed by atoms with van der Waals surface area (Å²) in [6.45, 7) is -0.131. The van der Waals surface area contributed by atoms with Crippen LogP contribution in [0.25, 0.3) is 11.2 Å². The van der Waals surface area contributed by atoms with E-state index in [1.807, 2.05) is 0 Å². The maximum atomic E-state index is 11.0. The number of aliphatic hydroxyl groups excluding tert-OH is 3. The fourth-order valence-corrected chi connectivity index (χ4v) is 3.42. The van der Waals surface area contributed by atoms with Crippen molar-refractivity contribution in [2.75, 3.05) is 11.9 Å². The second-order valence-corrected chi connectivity index (χ2v) is 7.09. The van der Waals surface area contributed by atoms with Crippen molar-refractivity contribution < 1.29 is 30.0 Å². The minimum atomic E-state index is -1.29. The van der Waals surface area contributed by atoms with E-state index in [2.05, 4.69) is 20.3 Å². The smallest absolute Gasteiger partial charge is 0.335 e. The van der Waals surface area contributed by atoms with Gasteiger partial charge < -0.3 is 30.5 Å². The third-order valence-electron chi connectivity index (χ3n) is 4.85. The first kappa shape index (κ1) is 20.4. The lowest BCUT2D eigenvalue weighted by atomic mass is 10.1. The van der Waals surface area contributed by atoms with Crippen molar-refractivity contribution in [1.29, 1.82) is 0 Å². The van der Waals surface area contributed by atoms with Crippen LogP contribution in [0.2, 0.25) is 5.28 Å². The second kappa shape index (κ2) is 8.13. The van der Waals surface area contributed by atoms with Gasteiger partial charge in [-0.1, -0.05) is 12.1 Å². The molecule has 0 bridgehead atoms. The molecular formula is C18H18ClN5O6. The summed E-state index contributed by atoms with van der Waals surface area (Å²) in [5.41, 5.74) is 1.63. The Hall–Kier alpha value is -2.83. The van der Waals surface area contributed by atoms with Gasteiger partial charge in [0.1, 0.15) is 18.3 Å². The number of nitrogens with zero attached hydrogens (tertiary/aromatic N) is 4. The number of carboxylic acids is 1. The Morgan fingerprint density at radius 1 is 1.20 bits per heavy atom. The van der Waals surface area contributed by atoms with Gasteiger partial charge in [-0.3, -0.25) is 4.57 Å². The lowest BCUT2D eigenvalue weighted by Gasteiger charge is -2.16. The molecule has 30 heavy (non-hydrogen) atoms. The molecule has 2 aromatic heterocycles. The first-order chi connectivity index (χ1) is 14.4. The molecule has 158 valence electrons. The Bertz CT molecular complexity index is 1070. The monoisotopic (exact) mass is 435 g/mol. The number of carboxylic acid groups (broad SMARTS) is 1. The molecule has 3 aromatic rings. The van der Waals surface area contributed by atoms with E-state index in [0.29, 0.717) is 17.9 Å². The quantitative estimate of drug-likeness (QED) is 0.342. The van der Waals surface area contributed by atoms with Gasteiger partial charge in [0.15, 0.2) is 23.2 Å². The topological polar surface area (TPSA) is 163 Å². The minimum Gasteiger partial charge on any atom is -0.478 e. The highest BCUT2D eigenvalue weighted by Crippen LogP contribution is 2.32. The van der Waals surface area contributed by atoms with Crippen molar-refractivity contribution in [2.45, 2.75) is 31.1 Å². The van der Waals surface area contributed by atoms with E-state index in [1.54, 1.807) is 12.1 Å². The Balaban J connectivity index is 1.60. The van der Waals surface area contributed by atoms with Crippen molar-refractivity contribution in [3.63, 3.8) is 0 Å². The number of nitrogens with one attached hydrogen (secondary N) is 1. The number of carbonyl (C=O) groups is 1. The van der Waals surface area contributed by atoms with Crippen LogP contribution in [0.4, 0.5) is 5.82 Å². The molecule has 1 aliphatic heterocycles. The summed E-state index contributed by atoms with van der Waals surface area (Å²) >= 11 is 6.06. The molecule has 1 aliphatic rings. The zero-order valence-electron chi connectivity index (χ0n) is 15.4. The molecule has 4 atom stereocenters. The molecule has 3 heterocycles. The maximum Gasteiger partial charge on any atom is 0.335 e. The second-order valence-electron chi connectivity index (χ2n) is 6.75. The van der Waals surface area contributed by atoms with E-state index in [0.717, 1.165) is 5.56 Å². The number of benzene rings is 1. The Labute approximate surface area is 174 Å². The zero-order chi connectivity index (χ0) is 21.4. The van der Waals surface area contributed by atoms with E-state index in [1.165, 1.54) is 23.0 Å². The van der Waals surface area contributed by atoms with E-state index in [-0.39, 0.29) is 16.5 Å². The summed E-state index contributed by atoms with van der Waals surface area (Å²) in [5, 5.41) is 41.5. The third kappa shape index (κ3) is 3.68. The van der Waals surface area contributed by atoms with Gasteiger partial charge >= 0.3 is 5.97 Å². The van der Waals surface area contributed by atoms with Crippen LogP contribution in [-0.4, -0.2) is 70.8 Å². The molecular weight excluding hydrogens is 418 g/mol. The highest BCUT2D eigenvalue weighted by atomic mass is 35.5. The van der Waals surface area contributed by atoms with Crippen molar-refractivity contribution in [1.82, 2.24) is 19.5 Å². The average Bonchev–Trinajstić information content (AvgIpc) is 3.27. The number of imidazole rings is 1. The lowest BCUT2D eigenvalue weighted by Crippen LogP contribution is -2.33. The molecule has 1 saturated heterocycles. The number of aliphatic hydroxyl groups is 3. The highest BCUT2D eigenvalue weighted by Gasteiger charge is 2.44. The van der Waals surface area contributed by atoms with Gasteiger partial charge in [0.25, 0.3) is 0 Å². The van der Waals surface area contributed by atoms with Crippen LogP contribution in [0.3, 0.4) is 0 Å². The van der Waals surface area contributed by atoms with E-state index < -0.39 is 37.1 Å². The van der Waals surface area contributed by atoms with Crippen molar-refractivity contribution in [3.05, 3.63) is 47.0 Å². The molecule has 5 N–H and O–H groups in total. The summed E-state index contributed by atoms with van der Waals surface area (Å²) in [4.78, 5) is 23.5. The van der Waals surface area contributed by atoms with Gasteiger partial charge in [-0.15, -0.1) is 0 Å². The SMILES string of the molecule is O=C(O)c1ccc(CNc2nc(Cl)nc3c2ncn3[C@@H]2O[C@H](CO)[C@@H](O)[C@H]2O)cc1. The minimum absolute atomic E-state index is 0.0697. The number of rotatable bonds is 6. The standard InChI is InChI=1S/C18H18ClN5O6/c19-18-22-14(20-5-8-1-3-9(4-2-8)17(28)29)11-15(23-18)24(7-21-11)16-13(27)12(26)10(6-25)30-16/h1-4,7,10,12-13,16,25-27H,5-6H2,(H,28,29)(H,20,22,23)/t10-,12-,13-,16-/m1/s1. The summed E-state index contributed by atoms with van der Waals surface area (Å²) in [6, 6.07) is 6.35. The molecule has 0 unspecified atom stereocenters. The lowest BCUT2D eigenvalue weighted by molar-refractivity contribution is -0.0511. The average molecular weight is 436 g/mol. The van der Waals surface area contributed by atoms with E-state index in [4.69, 9.17) is 21.4 Å². The Morgan fingerprint density at radius 3 is 2.57 bits per heavy atom. The first-order valence-corrected chi connectivity index (χ1v) is 9.35. The first-order valence-electron chi connectivity index (χ1n) is 8.97. The largest absolute Gasteiger partial charge is 0.478 e. The molecule has 0 aliphatic carbocycles. The number of aromatic nitrogens is 4. The van der Waals surface area contributed by atoms with E-state index >= 15 is 0 Å². The summed E-state index contributed by atoms with van der Waals surface area (Å²) < 4.78 is 6.94. The molecule has 0 saturated carbocycles. The predicted octanol–water partition coefficient (Wildman–Crippen LogP) is 0.401. The molecule has 1 fully saturated rings. The van der Waals surface area contributed by atoms with Gasteiger partial charge in [0, 0.05) is 6.54 Å². The van der Waals surface area contributed by atoms with Crippen LogP contribution >= 0.6 is 11.6 Å². The third-order valence-corrected chi connectivity index (χ3v) is 5.02. The molecule has 1 aromatic carbocycles. The molecule has 0 spiro atoms. The van der Waals surface area contributed by atoms with Gasteiger partial charge in [-0.05, 0) is 29.3 Å². The van der Waals surface area contributed by atoms with Gasteiger partial charge in [0.2, 0.25) is 5.28 Å². The molecule has 4 rings (SSSR count). The van der Waals surface area contributed by atoms with Gasteiger partial charge in [-0.25, -0.2) is 9.78 Å². The van der Waals surface area contributed by atoms with Crippen LogP contribution in [0.1, 0.15) is 22.1 Å². The van der Waals surface area contributed by atoms with Gasteiger partial charge in [-0.2, -0.15) is 9.97 Å².